The average Bonchev–Trinajstić information content (AvgIpc) is 3.35. The number of pyridine rings is 1. The third-order valence-corrected chi connectivity index (χ3v) is 6.27. The summed E-state index contributed by atoms with van der Waals surface area (Å²) in [6.45, 7) is 7.57. The number of hydrogen-bond donors (Lipinski definition) is 1. The Bertz CT molecular complexity index is 1620. The molecule has 0 fully saturated rings. The largest absolute Gasteiger partial charge is 0.408 e. The van der Waals surface area contributed by atoms with E-state index in [9.17, 15) is 22.8 Å². The summed E-state index contributed by atoms with van der Waals surface area (Å²) in [5, 5.41) is 6.23. The second-order valence-corrected chi connectivity index (χ2v) is 8.94. The number of fused-ring (bicyclic) bond motifs is 1. The second kappa shape index (κ2) is 10.2. The van der Waals surface area contributed by atoms with E-state index in [4.69, 9.17) is 4.98 Å². The molecule has 0 spiro atoms. The van der Waals surface area contributed by atoms with E-state index in [0.717, 1.165) is 23.7 Å². The number of alkyl halides is 3. The number of aryl methyl sites for hydroxylation is 3. The van der Waals surface area contributed by atoms with E-state index >= 15 is 0 Å². The van der Waals surface area contributed by atoms with E-state index in [1.165, 1.54) is 9.13 Å². The number of hydrogen-bond acceptors (Lipinski definition) is 4. The Hall–Kier alpha value is -4.41. The molecule has 38 heavy (non-hydrogen) atoms. The lowest BCUT2D eigenvalue weighted by Gasteiger charge is -2.17. The van der Waals surface area contributed by atoms with Gasteiger partial charge in [0.2, 0.25) is 5.91 Å². The maximum Gasteiger partial charge on any atom is 0.408 e. The topological polar surface area (TPSA) is 86.7 Å². The van der Waals surface area contributed by atoms with Crippen molar-refractivity contribution < 1.29 is 18.0 Å². The molecule has 1 aromatic carbocycles. The highest BCUT2D eigenvalue weighted by atomic mass is 19.4. The molecule has 1 amide bonds. The van der Waals surface area contributed by atoms with Crippen LogP contribution in [0.3, 0.4) is 0 Å². The van der Waals surface area contributed by atoms with Gasteiger partial charge in [-0.25, -0.2) is 4.79 Å². The number of benzene rings is 1. The first-order valence-corrected chi connectivity index (χ1v) is 11.8. The van der Waals surface area contributed by atoms with Gasteiger partial charge in [0.05, 0.1) is 40.0 Å². The third kappa shape index (κ3) is 4.91. The normalized spacial score (nSPS) is 12.8. The molecule has 0 radical (unpaired) electrons. The van der Waals surface area contributed by atoms with Crippen molar-refractivity contribution in [2.24, 2.45) is 7.05 Å². The Morgan fingerprint density at radius 3 is 2.61 bits per heavy atom. The van der Waals surface area contributed by atoms with Crippen LogP contribution in [-0.4, -0.2) is 42.0 Å². The molecule has 0 bridgehead atoms. The van der Waals surface area contributed by atoms with Crippen LogP contribution < -0.4 is 11.0 Å². The quantitative estimate of drug-likeness (QED) is 0.362. The molecule has 4 aromatic rings. The summed E-state index contributed by atoms with van der Waals surface area (Å²) in [6, 6.07) is 6.69. The molecule has 8 nitrogen and oxygen atoms in total. The predicted molar refractivity (Wildman–Crippen MR) is 140 cm³/mol. The number of aromatic nitrogens is 5. The van der Waals surface area contributed by atoms with Crippen LogP contribution in [-0.2, 0) is 18.4 Å². The lowest BCUT2D eigenvalue weighted by atomic mass is 10.1. The molecule has 1 atom stereocenters. The van der Waals surface area contributed by atoms with E-state index in [-0.39, 0.29) is 0 Å². The zero-order chi connectivity index (χ0) is 27.8. The zero-order valence-electron chi connectivity index (χ0n) is 21.4. The summed E-state index contributed by atoms with van der Waals surface area (Å²) in [5.41, 5.74) is 4.48. The monoisotopic (exact) mass is 524 g/mol. The van der Waals surface area contributed by atoms with Gasteiger partial charge in [-0.1, -0.05) is 30.9 Å². The molecule has 4 rings (SSSR count). The van der Waals surface area contributed by atoms with Crippen molar-refractivity contribution in [3.05, 3.63) is 82.7 Å². The number of imidazole rings is 1. The van der Waals surface area contributed by atoms with Crippen molar-refractivity contribution in [2.45, 2.75) is 39.5 Å². The highest BCUT2D eigenvalue weighted by Crippen LogP contribution is 2.27. The summed E-state index contributed by atoms with van der Waals surface area (Å²) >= 11 is 0. The fourth-order valence-corrected chi connectivity index (χ4v) is 4.30. The molecular weight excluding hydrogens is 497 g/mol. The minimum atomic E-state index is -4.59. The van der Waals surface area contributed by atoms with E-state index in [0.29, 0.717) is 28.1 Å². The van der Waals surface area contributed by atoms with Crippen LogP contribution in [0.5, 0.6) is 0 Å². The van der Waals surface area contributed by atoms with Gasteiger partial charge in [0.25, 0.3) is 0 Å². The first kappa shape index (κ1) is 26.6. The first-order valence-electron chi connectivity index (χ1n) is 11.8. The number of allylic oxidation sites excluding steroid dienone is 2. The molecule has 0 aliphatic carbocycles. The van der Waals surface area contributed by atoms with E-state index in [1.54, 1.807) is 54.2 Å². The molecule has 198 valence electrons. The number of amides is 1. The standard InChI is InChI=1S/C27H27F3N6O2/c1-6-7-10-22-19(14-31-34(22)5)20-12-13-21(17(3)32-20)36-25-16(2)9-8-11-23(25)35(26(36)38)15-24(37)33-18(4)27(28,29)30/h6-14,18H,1,15H2,2-5H3,(H,33,37)/b10-7-. The molecule has 0 saturated carbocycles. The number of carbonyl (C=O) groups excluding carboxylic acids is 1. The predicted octanol–water partition coefficient (Wildman–Crippen LogP) is 4.47. The van der Waals surface area contributed by atoms with E-state index in [1.807, 2.05) is 31.4 Å². The highest BCUT2D eigenvalue weighted by Gasteiger charge is 2.37. The first-order chi connectivity index (χ1) is 17.9. The zero-order valence-corrected chi connectivity index (χ0v) is 21.4. The summed E-state index contributed by atoms with van der Waals surface area (Å²) in [5.74, 6) is -0.917. The van der Waals surface area contributed by atoms with Crippen molar-refractivity contribution in [1.82, 2.24) is 29.2 Å². The smallest absolute Gasteiger partial charge is 0.343 e. The van der Waals surface area contributed by atoms with Crippen molar-refractivity contribution >= 4 is 23.0 Å². The third-order valence-electron chi connectivity index (χ3n) is 6.27. The second-order valence-electron chi connectivity index (χ2n) is 8.94. The minimum absolute atomic E-state index is 0.428. The van der Waals surface area contributed by atoms with Crippen LogP contribution in [0.25, 0.3) is 34.1 Å². The fourth-order valence-electron chi connectivity index (χ4n) is 4.30. The Balaban J connectivity index is 1.80. The number of halogens is 3. The molecule has 0 aliphatic rings. The summed E-state index contributed by atoms with van der Waals surface area (Å²) in [7, 11) is 1.82. The molecule has 3 heterocycles. The fraction of sp³-hybridized carbons (Fsp3) is 0.259. The van der Waals surface area contributed by atoms with Gasteiger partial charge >= 0.3 is 11.9 Å². The highest BCUT2D eigenvalue weighted by molar-refractivity contribution is 5.84. The van der Waals surface area contributed by atoms with Gasteiger partial charge in [0.15, 0.2) is 0 Å². The number of nitrogens with one attached hydrogen (secondary N) is 1. The van der Waals surface area contributed by atoms with Crippen molar-refractivity contribution in [3.63, 3.8) is 0 Å². The van der Waals surface area contributed by atoms with Crippen molar-refractivity contribution in [3.8, 4) is 16.9 Å². The number of rotatable bonds is 7. The van der Waals surface area contributed by atoms with Gasteiger partial charge in [-0.3, -0.25) is 23.6 Å². The molecule has 11 heteroatoms. The van der Waals surface area contributed by atoms with E-state index < -0.39 is 30.4 Å². The Labute approximate surface area is 216 Å². The lowest BCUT2D eigenvalue weighted by molar-refractivity contribution is -0.158. The lowest BCUT2D eigenvalue weighted by Crippen LogP contribution is -2.45. The van der Waals surface area contributed by atoms with Crippen LogP contribution in [0, 0.1) is 13.8 Å². The van der Waals surface area contributed by atoms with Gasteiger partial charge in [-0.15, -0.1) is 0 Å². The maximum atomic E-state index is 13.6. The van der Waals surface area contributed by atoms with Gasteiger partial charge in [0.1, 0.15) is 12.6 Å². The number of carbonyl (C=O) groups is 1. The van der Waals surface area contributed by atoms with Gasteiger partial charge in [-0.2, -0.15) is 18.3 Å². The molecule has 1 N–H and O–H groups in total. The van der Waals surface area contributed by atoms with Gasteiger partial charge in [0, 0.05) is 12.6 Å². The number of para-hydroxylation sites is 1. The van der Waals surface area contributed by atoms with Crippen molar-refractivity contribution in [2.75, 3.05) is 0 Å². The maximum absolute atomic E-state index is 13.6. The Morgan fingerprint density at radius 2 is 1.95 bits per heavy atom. The van der Waals surface area contributed by atoms with Crippen LogP contribution in [0.4, 0.5) is 13.2 Å². The molecule has 0 saturated heterocycles. The van der Waals surface area contributed by atoms with Crippen LogP contribution in [0.2, 0.25) is 0 Å². The minimum Gasteiger partial charge on any atom is -0.343 e. The van der Waals surface area contributed by atoms with Crippen LogP contribution in [0.1, 0.15) is 23.9 Å². The number of nitrogens with zero attached hydrogens (tertiary/aromatic N) is 5. The van der Waals surface area contributed by atoms with Crippen LogP contribution >= 0.6 is 0 Å². The summed E-state index contributed by atoms with van der Waals surface area (Å²) in [4.78, 5) is 30.8. The Morgan fingerprint density at radius 1 is 1.21 bits per heavy atom. The Kier molecular flexibility index (Phi) is 7.12. The molecule has 0 aliphatic heterocycles. The van der Waals surface area contributed by atoms with Gasteiger partial charge < -0.3 is 5.32 Å². The van der Waals surface area contributed by atoms with Crippen molar-refractivity contribution in [1.29, 1.82) is 0 Å². The van der Waals surface area contributed by atoms with Gasteiger partial charge in [-0.05, 0) is 50.6 Å². The molecule has 3 aromatic heterocycles. The van der Waals surface area contributed by atoms with Crippen LogP contribution in [0.15, 0.2) is 60.1 Å². The summed E-state index contributed by atoms with van der Waals surface area (Å²) < 4.78 is 43.1. The summed E-state index contributed by atoms with van der Waals surface area (Å²) in [6.07, 6.45) is 2.43. The average molecular weight is 525 g/mol. The molecular formula is C27H27F3N6O2. The SMILES string of the molecule is C=C/C=C\c1c(-c2ccc(-n3c(=O)n(CC(=O)NC(C)C(F)(F)F)c4cccc(C)c43)c(C)n2)cnn1C. The van der Waals surface area contributed by atoms with E-state index in [2.05, 4.69) is 11.7 Å². The molecule has 1 unspecified atom stereocenters.